The minimum Gasteiger partial charge on any atom is -0.466 e. The van der Waals surface area contributed by atoms with Crippen molar-refractivity contribution in [2.24, 2.45) is 0 Å². The fraction of sp³-hybridized carbons (Fsp3) is 0.357. The topological polar surface area (TPSA) is 58.3 Å². The molecular formula is C14H15F3N2O2. The number of aromatic nitrogens is 1. The largest absolute Gasteiger partial charge is 0.466 e. The fourth-order valence-corrected chi connectivity index (χ4v) is 1.93. The van der Waals surface area contributed by atoms with Gasteiger partial charge in [0, 0.05) is 19.3 Å². The number of halogens is 3. The highest BCUT2D eigenvalue weighted by atomic mass is 19.4. The third-order valence-corrected chi connectivity index (χ3v) is 3.01. The number of hydrogen-bond donors (Lipinski definition) is 2. The van der Waals surface area contributed by atoms with Crippen LogP contribution in [-0.2, 0) is 18.3 Å². The van der Waals surface area contributed by atoms with Crippen LogP contribution in [0.3, 0.4) is 0 Å². The van der Waals surface area contributed by atoms with Crippen LogP contribution in [0.15, 0.2) is 41.1 Å². The third kappa shape index (κ3) is 3.83. The van der Waals surface area contributed by atoms with Crippen LogP contribution < -0.4 is 5.32 Å². The third-order valence-electron chi connectivity index (χ3n) is 3.01. The van der Waals surface area contributed by atoms with E-state index in [1.807, 2.05) is 0 Å². The minimum atomic E-state index is -4.45. The number of alkyl halides is 3. The van der Waals surface area contributed by atoms with Crippen molar-refractivity contribution in [2.45, 2.75) is 25.2 Å². The molecule has 4 nitrogen and oxygen atoms in total. The van der Waals surface area contributed by atoms with Crippen molar-refractivity contribution < 1.29 is 22.7 Å². The average molecular weight is 300 g/mol. The van der Waals surface area contributed by atoms with Gasteiger partial charge in [0.2, 0.25) is 0 Å². The molecule has 2 aromatic heterocycles. The number of aliphatic hydroxyl groups is 1. The van der Waals surface area contributed by atoms with E-state index in [1.54, 1.807) is 12.1 Å². The fourth-order valence-electron chi connectivity index (χ4n) is 1.93. The van der Waals surface area contributed by atoms with Gasteiger partial charge >= 0.3 is 6.18 Å². The molecule has 0 radical (unpaired) electrons. The summed E-state index contributed by atoms with van der Waals surface area (Å²) in [7, 11) is 0. The molecule has 21 heavy (non-hydrogen) atoms. The first kappa shape index (κ1) is 15.5. The van der Waals surface area contributed by atoms with Crippen molar-refractivity contribution in [2.75, 3.05) is 6.54 Å². The summed E-state index contributed by atoms with van der Waals surface area (Å²) < 4.78 is 43.5. The monoisotopic (exact) mass is 300 g/mol. The molecule has 0 aromatic carbocycles. The Labute approximate surface area is 119 Å². The molecule has 1 atom stereocenters. The first-order valence-electron chi connectivity index (χ1n) is 6.29. The highest BCUT2D eigenvalue weighted by Crippen LogP contribution is 2.31. The second-order valence-electron chi connectivity index (χ2n) is 4.85. The van der Waals surface area contributed by atoms with Gasteiger partial charge < -0.3 is 14.8 Å². The molecule has 0 bridgehead atoms. The van der Waals surface area contributed by atoms with Crippen LogP contribution in [0.25, 0.3) is 0 Å². The summed E-state index contributed by atoms with van der Waals surface area (Å²) in [6, 6.07) is 5.45. The van der Waals surface area contributed by atoms with Crippen LogP contribution in [0.1, 0.15) is 23.9 Å². The van der Waals surface area contributed by atoms with Gasteiger partial charge in [-0.2, -0.15) is 13.2 Å². The highest BCUT2D eigenvalue weighted by molar-refractivity contribution is 5.23. The van der Waals surface area contributed by atoms with Gasteiger partial charge in [0.1, 0.15) is 11.4 Å². The Morgan fingerprint density at radius 2 is 2.05 bits per heavy atom. The molecule has 2 rings (SSSR count). The van der Waals surface area contributed by atoms with Gasteiger partial charge in [0.05, 0.1) is 17.5 Å². The summed E-state index contributed by atoms with van der Waals surface area (Å²) >= 11 is 0. The molecule has 0 spiro atoms. The highest BCUT2D eigenvalue weighted by Gasteiger charge is 2.34. The molecule has 7 heteroatoms. The van der Waals surface area contributed by atoms with E-state index >= 15 is 0 Å². The predicted molar refractivity (Wildman–Crippen MR) is 69.2 cm³/mol. The second-order valence-corrected chi connectivity index (χ2v) is 4.85. The van der Waals surface area contributed by atoms with Gasteiger partial charge in [0.15, 0.2) is 0 Å². The lowest BCUT2D eigenvalue weighted by atomic mass is 10.0. The first-order valence-corrected chi connectivity index (χ1v) is 6.29. The van der Waals surface area contributed by atoms with E-state index < -0.39 is 17.3 Å². The molecule has 0 fully saturated rings. The normalized spacial score (nSPS) is 14.9. The number of rotatable bonds is 5. The Balaban J connectivity index is 2.02. The van der Waals surface area contributed by atoms with Crippen molar-refractivity contribution in [1.29, 1.82) is 0 Å². The predicted octanol–water partition coefficient (Wildman–Crippen LogP) is 2.69. The van der Waals surface area contributed by atoms with Crippen LogP contribution in [0.5, 0.6) is 0 Å². The lowest BCUT2D eigenvalue weighted by molar-refractivity contribution is -0.138. The quantitative estimate of drug-likeness (QED) is 0.891. The van der Waals surface area contributed by atoms with Crippen LogP contribution in [0.2, 0.25) is 0 Å². The zero-order chi connectivity index (χ0) is 15.5. The van der Waals surface area contributed by atoms with Crippen LogP contribution >= 0.6 is 0 Å². The molecule has 2 N–H and O–H groups in total. The zero-order valence-corrected chi connectivity index (χ0v) is 11.3. The Hall–Kier alpha value is -1.86. The summed E-state index contributed by atoms with van der Waals surface area (Å²) in [5.41, 5.74) is -2.20. The van der Waals surface area contributed by atoms with E-state index in [4.69, 9.17) is 4.42 Å². The number of pyridine rings is 1. The number of hydrogen-bond acceptors (Lipinski definition) is 4. The van der Waals surface area contributed by atoms with Gasteiger partial charge in [-0.3, -0.25) is 4.98 Å². The Morgan fingerprint density at radius 1 is 1.29 bits per heavy atom. The van der Waals surface area contributed by atoms with Crippen molar-refractivity contribution >= 4 is 0 Å². The second kappa shape index (κ2) is 5.87. The molecule has 114 valence electrons. The Kier molecular flexibility index (Phi) is 4.34. The van der Waals surface area contributed by atoms with Crippen LogP contribution in [-0.4, -0.2) is 16.6 Å². The van der Waals surface area contributed by atoms with Gasteiger partial charge in [-0.05, 0) is 31.2 Å². The smallest absolute Gasteiger partial charge is 0.418 e. The van der Waals surface area contributed by atoms with Crippen molar-refractivity contribution in [3.05, 3.63) is 53.7 Å². The van der Waals surface area contributed by atoms with Crippen LogP contribution in [0.4, 0.5) is 13.2 Å². The molecule has 0 amide bonds. The average Bonchev–Trinajstić information content (AvgIpc) is 2.92. The van der Waals surface area contributed by atoms with E-state index in [0.717, 1.165) is 6.07 Å². The minimum absolute atomic E-state index is 0.0361. The van der Waals surface area contributed by atoms with Gasteiger partial charge in [-0.25, -0.2) is 0 Å². The first-order chi connectivity index (χ1) is 9.81. The SMILES string of the molecule is CC(O)(CNCc1ncccc1C(F)(F)F)c1ccco1. The molecule has 1 unspecified atom stereocenters. The van der Waals surface area contributed by atoms with Gasteiger partial charge in [-0.15, -0.1) is 0 Å². The standard InChI is InChI=1S/C14H15F3N2O2/c1-13(20,12-5-3-7-21-12)9-18-8-11-10(14(15,16)17)4-2-6-19-11/h2-7,18,20H,8-9H2,1H3. The lowest BCUT2D eigenvalue weighted by Crippen LogP contribution is -2.35. The van der Waals surface area contributed by atoms with E-state index in [2.05, 4.69) is 10.3 Å². The van der Waals surface area contributed by atoms with E-state index in [1.165, 1.54) is 25.5 Å². The van der Waals surface area contributed by atoms with Gasteiger partial charge in [-0.1, -0.05) is 0 Å². The summed E-state index contributed by atoms with van der Waals surface area (Å²) in [5, 5.41) is 13.0. The van der Waals surface area contributed by atoms with Crippen molar-refractivity contribution in [1.82, 2.24) is 10.3 Å². The van der Waals surface area contributed by atoms with Gasteiger partial charge in [0.25, 0.3) is 0 Å². The van der Waals surface area contributed by atoms with Crippen molar-refractivity contribution in [3.8, 4) is 0 Å². The maximum absolute atomic E-state index is 12.8. The number of furan rings is 1. The number of nitrogens with one attached hydrogen (secondary N) is 1. The summed E-state index contributed by atoms with van der Waals surface area (Å²) in [6.45, 7) is 1.45. The number of nitrogens with zero attached hydrogens (tertiary/aromatic N) is 1. The van der Waals surface area contributed by atoms with E-state index in [0.29, 0.717) is 5.76 Å². The molecule has 0 aliphatic rings. The molecule has 2 heterocycles. The molecule has 0 aliphatic carbocycles. The van der Waals surface area contributed by atoms with Crippen molar-refractivity contribution in [3.63, 3.8) is 0 Å². The molecule has 0 saturated carbocycles. The maximum atomic E-state index is 12.8. The van der Waals surface area contributed by atoms with Crippen LogP contribution in [0, 0.1) is 0 Å². The lowest BCUT2D eigenvalue weighted by Gasteiger charge is -2.21. The molecule has 0 aliphatic heterocycles. The maximum Gasteiger partial charge on any atom is 0.418 e. The summed E-state index contributed by atoms with van der Waals surface area (Å²) in [6.07, 6.45) is -1.73. The Morgan fingerprint density at radius 3 is 2.67 bits per heavy atom. The Bertz CT molecular complexity index is 580. The molecule has 0 saturated heterocycles. The van der Waals surface area contributed by atoms with E-state index in [-0.39, 0.29) is 18.8 Å². The molecule has 2 aromatic rings. The zero-order valence-electron chi connectivity index (χ0n) is 11.3. The molecular weight excluding hydrogens is 285 g/mol. The van der Waals surface area contributed by atoms with E-state index in [9.17, 15) is 18.3 Å². The summed E-state index contributed by atoms with van der Waals surface area (Å²) in [4.78, 5) is 3.74. The summed E-state index contributed by atoms with van der Waals surface area (Å²) in [5.74, 6) is 0.340.